The largest absolute Gasteiger partial charge is 0.493 e. The monoisotopic (exact) mass is 383 g/mol. The summed E-state index contributed by atoms with van der Waals surface area (Å²) in [5, 5.41) is 2.99. The van der Waals surface area contributed by atoms with Crippen molar-refractivity contribution >= 4 is 11.7 Å². The average molecular weight is 383 g/mol. The van der Waals surface area contributed by atoms with Crippen molar-refractivity contribution in [3.63, 3.8) is 0 Å². The van der Waals surface area contributed by atoms with E-state index < -0.39 is 0 Å². The Bertz CT molecular complexity index is 782. The van der Waals surface area contributed by atoms with Gasteiger partial charge in [-0.25, -0.2) is 4.79 Å². The molecule has 1 fully saturated rings. The highest BCUT2D eigenvalue weighted by Crippen LogP contribution is 2.30. The standard InChI is InChI=1S/C22H29N3O3/c1-17-15-24(16-18-8-5-4-6-9-18)12-7-13-25(17)22(26)23-19-10-11-20(27-2)21(14-19)28-3/h4-6,8-11,14,17H,7,12-13,15-16H2,1-3H3,(H,23,26)/t17-/m0/s1. The second kappa shape index (κ2) is 9.46. The number of nitrogens with one attached hydrogen (secondary N) is 1. The molecule has 1 heterocycles. The van der Waals surface area contributed by atoms with Crippen molar-refractivity contribution in [1.82, 2.24) is 9.80 Å². The molecule has 0 spiro atoms. The first-order chi connectivity index (χ1) is 13.6. The van der Waals surface area contributed by atoms with Gasteiger partial charge in [0.05, 0.1) is 14.2 Å². The van der Waals surface area contributed by atoms with E-state index in [1.165, 1.54) is 5.56 Å². The molecule has 1 N–H and O–H groups in total. The summed E-state index contributed by atoms with van der Waals surface area (Å²) in [5.74, 6) is 1.23. The maximum Gasteiger partial charge on any atom is 0.322 e. The van der Waals surface area contributed by atoms with Crippen molar-refractivity contribution in [3.05, 3.63) is 54.1 Å². The number of nitrogens with zero attached hydrogens (tertiary/aromatic N) is 2. The molecule has 28 heavy (non-hydrogen) atoms. The second-order valence-corrected chi connectivity index (χ2v) is 7.12. The van der Waals surface area contributed by atoms with Gasteiger partial charge < -0.3 is 19.7 Å². The van der Waals surface area contributed by atoms with Crippen LogP contribution in [0.4, 0.5) is 10.5 Å². The van der Waals surface area contributed by atoms with Gasteiger partial charge in [-0.05, 0) is 31.0 Å². The van der Waals surface area contributed by atoms with Crippen molar-refractivity contribution in [3.8, 4) is 11.5 Å². The molecule has 2 amide bonds. The lowest BCUT2D eigenvalue weighted by Gasteiger charge is -2.29. The fourth-order valence-electron chi connectivity index (χ4n) is 3.64. The van der Waals surface area contributed by atoms with Crippen LogP contribution in [0, 0.1) is 0 Å². The van der Waals surface area contributed by atoms with Crippen LogP contribution in [0.3, 0.4) is 0 Å². The van der Waals surface area contributed by atoms with Crippen LogP contribution in [0.15, 0.2) is 48.5 Å². The number of methoxy groups -OCH3 is 2. The summed E-state index contributed by atoms with van der Waals surface area (Å²) in [6.45, 7) is 5.60. The first-order valence-electron chi connectivity index (χ1n) is 9.66. The van der Waals surface area contributed by atoms with Gasteiger partial charge in [0.25, 0.3) is 0 Å². The zero-order valence-electron chi connectivity index (χ0n) is 16.9. The van der Waals surface area contributed by atoms with E-state index in [1.54, 1.807) is 26.4 Å². The van der Waals surface area contributed by atoms with E-state index in [1.807, 2.05) is 17.0 Å². The predicted molar refractivity (Wildman–Crippen MR) is 111 cm³/mol. The minimum atomic E-state index is -0.0821. The number of carbonyl (C=O) groups is 1. The van der Waals surface area contributed by atoms with Crippen molar-refractivity contribution in [1.29, 1.82) is 0 Å². The van der Waals surface area contributed by atoms with Gasteiger partial charge in [-0.15, -0.1) is 0 Å². The molecule has 0 unspecified atom stereocenters. The van der Waals surface area contributed by atoms with Crippen LogP contribution in [-0.4, -0.2) is 55.7 Å². The van der Waals surface area contributed by atoms with Gasteiger partial charge in [-0.1, -0.05) is 30.3 Å². The maximum atomic E-state index is 12.9. The Morgan fingerprint density at radius 1 is 1.07 bits per heavy atom. The Kier molecular flexibility index (Phi) is 6.76. The zero-order valence-corrected chi connectivity index (χ0v) is 16.9. The van der Waals surface area contributed by atoms with Gasteiger partial charge in [0.15, 0.2) is 11.5 Å². The molecule has 0 bridgehead atoms. The van der Waals surface area contributed by atoms with Gasteiger partial charge in [-0.2, -0.15) is 0 Å². The average Bonchev–Trinajstić information content (AvgIpc) is 2.89. The normalized spacial score (nSPS) is 17.7. The molecule has 0 aliphatic carbocycles. The van der Waals surface area contributed by atoms with Crippen LogP contribution in [0.5, 0.6) is 11.5 Å². The van der Waals surface area contributed by atoms with E-state index in [2.05, 4.69) is 41.4 Å². The van der Waals surface area contributed by atoms with Gasteiger partial charge in [0.2, 0.25) is 0 Å². The summed E-state index contributed by atoms with van der Waals surface area (Å²) in [6, 6.07) is 15.9. The second-order valence-electron chi connectivity index (χ2n) is 7.12. The highest BCUT2D eigenvalue weighted by Gasteiger charge is 2.25. The lowest BCUT2D eigenvalue weighted by atomic mass is 10.2. The van der Waals surface area contributed by atoms with E-state index >= 15 is 0 Å². The Labute approximate surface area is 167 Å². The lowest BCUT2D eigenvalue weighted by molar-refractivity contribution is 0.184. The zero-order chi connectivity index (χ0) is 19.9. The van der Waals surface area contributed by atoms with Crippen LogP contribution < -0.4 is 14.8 Å². The van der Waals surface area contributed by atoms with E-state index in [4.69, 9.17) is 9.47 Å². The summed E-state index contributed by atoms with van der Waals surface area (Å²) < 4.78 is 10.6. The van der Waals surface area contributed by atoms with Gasteiger partial charge in [-0.3, -0.25) is 4.90 Å². The molecule has 1 saturated heterocycles. The first-order valence-corrected chi connectivity index (χ1v) is 9.66. The highest BCUT2D eigenvalue weighted by molar-refractivity contribution is 5.90. The number of amides is 2. The van der Waals surface area contributed by atoms with E-state index in [-0.39, 0.29) is 12.1 Å². The number of hydrogen-bond donors (Lipinski definition) is 1. The third-order valence-electron chi connectivity index (χ3n) is 5.07. The molecule has 0 aromatic heterocycles. The number of anilines is 1. The molecular formula is C22H29N3O3. The number of benzene rings is 2. The third-order valence-corrected chi connectivity index (χ3v) is 5.07. The Hall–Kier alpha value is -2.73. The molecule has 1 aliphatic rings. The Morgan fingerprint density at radius 3 is 2.54 bits per heavy atom. The quantitative estimate of drug-likeness (QED) is 0.853. The van der Waals surface area contributed by atoms with Gasteiger partial charge in [0, 0.05) is 44.0 Å². The molecule has 1 atom stereocenters. The minimum Gasteiger partial charge on any atom is -0.493 e. The minimum absolute atomic E-state index is 0.0821. The lowest BCUT2D eigenvalue weighted by Crippen LogP contribution is -2.44. The van der Waals surface area contributed by atoms with Crippen molar-refractivity contribution in [2.45, 2.75) is 25.9 Å². The fourth-order valence-corrected chi connectivity index (χ4v) is 3.64. The molecule has 150 valence electrons. The van der Waals surface area contributed by atoms with E-state index in [0.29, 0.717) is 17.2 Å². The van der Waals surface area contributed by atoms with Crippen LogP contribution in [0.2, 0.25) is 0 Å². The molecule has 3 rings (SSSR count). The predicted octanol–water partition coefficient (Wildman–Crippen LogP) is 3.83. The summed E-state index contributed by atoms with van der Waals surface area (Å²) in [5.41, 5.74) is 2.00. The smallest absolute Gasteiger partial charge is 0.322 e. The molecule has 2 aromatic rings. The number of carbonyl (C=O) groups excluding carboxylic acids is 1. The fraction of sp³-hybridized carbons (Fsp3) is 0.409. The number of rotatable bonds is 5. The molecule has 6 heteroatoms. The van der Waals surface area contributed by atoms with Crippen LogP contribution >= 0.6 is 0 Å². The van der Waals surface area contributed by atoms with Crippen LogP contribution in [0.1, 0.15) is 18.9 Å². The van der Waals surface area contributed by atoms with E-state index in [9.17, 15) is 4.79 Å². The molecule has 1 aliphatic heterocycles. The van der Waals surface area contributed by atoms with Crippen molar-refractivity contribution in [2.75, 3.05) is 39.2 Å². The topological polar surface area (TPSA) is 54.0 Å². The summed E-state index contributed by atoms with van der Waals surface area (Å²) in [7, 11) is 3.18. The number of urea groups is 1. The Morgan fingerprint density at radius 2 is 1.82 bits per heavy atom. The highest BCUT2D eigenvalue weighted by atomic mass is 16.5. The summed E-state index contributed by atoms with van der Waals surface area (Å²) in [4.78, 5) is 17.2. The number of hydrogen-bond acceptors (Lipinski definition) is 4. The van der Waals surface area contributed by atoms with Gasteiger partial charge >= 0.3 is 6.03 Å². The SMILES string of the molecule is COc1ccc(NC(=O)N2CCCN(Cc3ccccc3)C[C@@H]2C)cc1OC. The van der Waals surface area contributed by atoms with Gasteiger partial charge in [0.1, 0.15) is 0 Å². The van der Waals surface area contributed by atoms with Crippen LogP contribution in [0.25, 0.3) is 0 Å². The number of ether oxygens (including phenoxy) is 2. The molecular weight excluding hydrogens is 354 g/mol. The molecule has 6 nitrogen and oxygen atoms in total. The van der Waals surface area contributed by atoms with Crippen LogP contribution in [-0.2, 0) is 6.54 Å². The third kappa shape index (κ3) is 4.95. The maximum absolute atomic E-state index is 12.9. The molecule has 0 saturated carbocycles. The van der Waals surface area contributed by atoms with E-state index in [0.717, 1.165) is 32.6 Å². The van der Waals surface area contributed by atoms with Crippen molar-refractivity contribution < 1.29 is 14.3 Å². The Balaban J connectivity index is 1.62. The summed E-state index contributed by atoms with van der Waals surface area (Å²) in [6.07, 6.45) is 0.955. The molecule has 0 radical (unpaired) electrons. The summed E-state index contributed by atoms with van der Waals surface area (Å²) >= 11 is 0. The van der Waals surface area contributed by atoms with Crippen molar-refractivity contribution in [2.24, 2.45) is 0 Å². The first kappa shape index (κ1) is 20.0. The molecule has 2 aromatic carbocycles.